The van der Waals surface area contributed by atoms with E-state index in [9.17, 15) is 9.90 Å². The fourth-order valence-electron chi connectivity index (χ4n) is 2.84. The second-order valence-electron chi connectivity index (χ2n) is 5.95. The summed E-state index contributed by atoms with van der Waals surface area (Å²) in [4.78, 5) is 14.7. The van der Waals surface area contributed by atoms with Gasteiger partial charge in [-0.25, -0.2) is 0 Å². The number of rotatable bonds is 4. The molecule has 1 aromatic rings. The smallest absolute Gasteiger partial charge is 0.255 e. The summed E-state index contributed by atoms with van der Waals surface area (Å²) < 4.78 is 0. The molecule has 0 aliphatic heterocycles. The molecule has 0 atom stereocenters. The number of phenolic OH excluding ortho intramolecular Hbond substituents is 1. The van der Waals surface area contributed by atoms with Crippen molar-refractivity contribution in [1.82, 2.24) is 4.90 Å². The number of hydrogen-bond donors (Lipinski definition) is 1. The van der Waals surface area contributed by atoms with E-state index in [0.717, 1.165) is 19.4 Å². The van der Waals surface area contributed by atoms with E-state index in [0.29, 0.717) is 22.5 Å². The van der Waals surface area contributed by atoms with Gasteiger partial charge in [0.1, 0.15) is 5.75 Å². The maximum atomic E-state index is 12.8. The first-order valence-corrected chi connectivity index (χ1v) is 7.66. The van der Waals surface area contributed by atoms with Crippen molar-refractivity contribution in [1.29, 1.82) is 0 Å². The van der Waals surface area contributed by atoms with Crippen LogP contribution in [0, 0.1) is 5.92 Å². The molecule has 1 N–H and O–H groups in total. The molecule has 1 aromatic carbocycles. The summed E-state index contributed by atoms with van der Waals surface area (Å²) in [5, 5.41) is 9.99. The summed E-state index contributed by atoms with van der Waals surface area (Å²) in [5.74, 6) is 0.427. The summed E-state index contributed by atoms with van der Waals surface area (Å²) in [6.45, 7) is 4.95. The minimum Gasteiger partial charge on any atom is -0.508 e. The highest BCUT2D eigenvalue weighted by atomic mass is 35.5. The molecule has 4 heteroatoms. The van der Waals surface area contributed by atoms with E-state index in [1.54, 1.807) is 6.07 Å². The van der Waals surface area contributed by atoms with Gasteiger partial charge in [-0.05, 0) is 37.0 Å². The molecule has 0 bridgehead atoms. The molecule has 1 amide bonds. The van der Waals surface area contributed by atoms with Crippen LogP contribution in [-0.4, -0.2) is 28.5 Å². The minimum atomic E-state index is -0.0634. The maximum absolute atomic E-state index is 12.8. The number of phenols is 1. The average molecular weight is 296 g/mol. The molecule has 2 rings (SSSR count). The zero-order valence-electron chi connectivity index (χ0n) is 12.1. The molecule has 3 nitrogen and oxygen atoms in total. The highest BCUT2D eigenvalue weighted by Crippen LogP contribution is 2.28. The topological polar surface area (TPSA) is 40.5 Å². The zero-order valence-corrected chi connectivity index (χ0v) is 12.9. The SMILES string of the molecule is CC(C)CN(C(=O)c1cc(O)ccc1Cl)C1CCCC1. The van der Waals surface area contributed by atoms with Gasteiger partial charge in [0.15, 0.2) is 0 Å². The molecule has 0 radical (unpaired) electrons. The maximum Gasteiger partial charge on any atom is 0.255 e. The molecule has 0 unspecified atom stereocenters. The lowest BCUT2D eigenvalue weighted by Crippen LogP contribution is -2.41. The van der Waals surface area contributed by atoms with Crippen LogP contribution >= 0.6 is 11.6 Å². The zero-order chi connectivity index (χ0) is 14.7. The van der Waals surface area contributed by atoms with E-state index in [-0.39, 0.29) is 11.7 Å². The number of benzene rings is 1. The van der Waals surface area contributed by atoms with Crippen molar-refractivity contribution in [3.05, 3.63) is 28.8 Å². The Hall–Kier alpha value is -1.22. The number of carbonyl (C=O) groups is 1. The number of nitrogens with zero attached hydrogens (tertiary/aromatic N) is 1. The van der Waals surface area contributed by atoms with Crippen LogP contribution < -0.4 is 0 Å². The first kappa shape index (κ1) is 15.2. The third-order valence-corrected chi connectivity index (χ3v) is 4.10. The molecular weight excluding hydrogens is 274 g/mol. The number of hydrogen-bond acceptors (Lipinski definition) is 2. The Labute approximate surface area is 125 Å². The van der Waals surface area contributed by atoms with Crippen LogP contribution in [0.4, 0.5) is 0 Å². The third kappa shape index (κ3) is 3.45. The van der Waals surface area contributed by atoms with Gasteiger partial charge in [0.25, 0.3) is 5.91 Å². The van der Waals surface area contributed by atoms with Gasteiger partial charge in [0.2, 0.25) is 0 Å². The second kappa shape index (κ2) is 6.49. The fraction of sp³-hybridized carbons (Fsp3) is 0.562. The van der Waals surface area contributed by atoms with Gasteiger partial charge in [-0.1, -0.05) is 38.3 Å². The van der Waals surface area contributed by atoms with Gasteiger partial charge in [0.05, 0.1) is 10.6 Å². The van der Waals surface area contributed by atoms with E-state index >= 15 is 0 Å². The van der Waals surface area contributed by atoms with E-state index in [1.165, 1.54) is 25.0 Å². The van der Waals surface area contributed by atoms with Crippen LogP contribution in [0.1, 0.15) is 49.9 Å². The van der Waals surface area contributed by atoms with Crippen molar-refractivity contribution < 1.29 is 9.90 Å². The minimum absolute atomic E-state index is 0.0634. The molecule has 20 heavy (non-hydrogen) atoms. The molecule has 0 heterocycles. The molecule has 1 saturated carbocycles. The molecule has 0 aromatic heterocycles. The first-order valence-electron chi connectivity index (χ1n) is 7.28. The average Bonchev–Trinajstić information content (AvgIpc) is 2.91. The van der Waals surface area contributed by atoms with Crippen LogP contribution in [0.3, 0.4) is 0 Å². The number of halogens is 1. The van der Waals surface area contributed by atoms with Crippen molar-refractivity contribution in [2.75, 3.05) is 6.54 Å². The molecule has 1 aliphatic rings. The lowest BCUT2D eigenvalue weighted by molar-refractivity contribution is 0.0655. The van der Waals surface area contributed by atoms with Gasteiger partial charge in [0, 0.05) is 12.6 Å². The number of amides is 1. The summed E-state index contributed by atoms with van der Waals surface area (Å²) in [6.07, 6.45) is 4.49. The van der Waals surface area contributed by atoms with Crippen LogP contribution in [0.5, 0.6) is 5.75 Å². The van der Waals surface area contributed by atoms with Crippen molar-refractivity contribution in [3.8, 4) is 5.75 Å². The molecule has 1 fully saturated rings. The number of carbonyl (C=O) groups excluding carboxylic acids is 1. The monoisotopic (exact) mass is 295 g/mol. The van der Waals surface area contributed by atoms with Crippen molar-refractivity contribution >= 4 is 17.5 Å². The summed E-state index contributed by atoms with van der Waals surface area (Å²) >= 11 is 6.12. The van der Waals surface area contributed by atoms with Gasteiger partial charge in [-0.3, -0.25) is 4.79 Å². The number of aromatic hydroxyl groups is 1. The third-order valence-electron chi connectivity index (χ3n) is 3.77. The Balaban J connectivity index is 2.27. The Bertz CT molecular complexity index is 481. The van der Waals surface area contributed by atoms with Crippen LogP contribution in [0.25, 0.3) is 0 Å². The van der Waals surface area contributed by atoms with Crippen LogP contribution in [0.15, 0.2) is 18.2 Å². The Morgan fingerprint density at radius 2 is 2.05 bits per heavy atom. The molecule has 0 saturated heterocycles. The van der Waals surface area contributed by atoms with Crippen LogP contribution in [0.2, 0.25) is 5.02 Å². The molecule has 110 valence electrons. The highest BCUT2D eigenvalue weighted by Gasteiger charge is 2.29. The summed E-state index contributed by atoms with van der Waals surface area (Å²) in [6, 6.07) is 4.85. The van der Waals surface area contributed by atoms with E-state index < -0.39 is 0 Å². The Morgan fingerprint density at radius 3 is 2.65 bits per heavy atom. The lowest BCUT2D eigenvalue weighted by atomic mass is 10.1. The van der Waals surface area contributed by atoms with E-state index in [4.69, 9.17) is 11.6 Å². The largest absolute Gasteiger partial charge is 0.508 e. The Morgan fingerprint density at radius 1 is 1.40 bits per heavy atom. The molecular formula is C16H22ClNO2. The van der Waals surface area contributed by atoms with Crippen molar-refractivity contribution in [2.24, 2.45) is 5.92 Å². The summed E-state index contributed by atoms with van der Waals surface area (Å²) in [5.41, 5.74) is 0.402. The van der Waals surface area contributed by atoms with Gasteiger partial charge >= 0.3 is 0 Å². The van der Waals surface area contributed by atoms with Crippen molar-refractivity contribution in [2.45, 2.75) is 45.6 Å². The first-order chi connectivity index (χ1) is 9.49. The van der Waals surface area contributed by atoms with Crippen LogP contribution in [-0.2, 0) is 0 Å². The van der Waals surface area contributed by atoms with E-state index in [1.807, 2.05) is 4.90 Å². The van der Waals surface area contributed by atoms with Gasteiger partial charge in [-0.15, -0.1) is 0 Å². The Kier molecular flexibility index (Phi) is 4.92. The predicted molar refractivity (Wildman–Crippen MR) is 81.2 cm³/mol. The normalized spacial score (nSPS) is 15.8. The fourth-order valence-corrected chi connectivity index (χ4v) is 3.04. The van der Waals surface area contributed by atoms with Gasteiger partial charge in [-0.2, -0.15) is 0 Å². The van der Waals surface area contributed by atoms with E-state index in [2.05, 4.69) is 13.8 Å². The quantitative estimate of drug-likeness (QED) is 0.909. The highest BCUT2D eigenvalue weighted by molar-refractivity contribution is 6.33. The predicted octanol–water partition coefficient (Wildman–Crippen LogP) is 4.09. The van der Waals surface area contributed by atoms with Gasteiger partial charge < -0.3 is 10.0 Å². The lowest BCUT2D eigenvalue weighted by Gasteiger charge is -2.31. The molecule has 1 aliphatic carbocycles. The standard InChI is InChI=1S/C16H22ClNO2/c1-11(2)10-18(12-5-3-4-6-12)16(20)14-9-13(19)7-8-15(14)17/h7-9,11-12,19H,3-6,10H2,1-2H3. The molecule has 0 spiro atoms. The van der Waals surface area contributed by atoms with Crippen molar-refractivity contribution in [3.63, 3.8) is 0 Å². The summed E-state index contributed by atoms with van der Waals surface area (Å²) in [7, 11) is 0. The second-order valence-corrected chi connectivity index (χ2v) is 6.36.